The average molecular weight is 275 g/mol. The monoisotopic (exact) mass is 275 g/mol. The number of nitrogens with two attached hydrogens (primary N) is 1. The third kappa shape index (κ3) is 3.00. The Kier molecular flexibility index (Phi) is 4.09. The second-order valence-corrected chi connectivity index (χ2v) is 4.19. The third-order valence-corrected chi connectivity index (χ3v) is 2.76. The molecular formula is C13H14FN5O. The summed E-state index contributed by atoms with van der Waals surface area (Å²) in [5.41, 5.74) is 6.24. The molecule has 20 heavy (non-hydrogen) atoms. The van der Waals surface area contributed by atoms with Crippen LogP contribution < -0.4 is 10.6 Å². The second-order valence-electron chi connectivity index (χ2n) is 4.19. The molecule has 0 atom stereocenters. The Labute approximate surface area is 115 Å². The summed E-state index contributed by atoms with van der Waals surface area (Å²) < 4.78 is 13.6. The fraction of sp³-hybridized carbons (Fsp3) is 0.154. The minimum atomic E-state index is -0.263. The number of halogens is 1. The molecule has 1 aromatic carbocycles. The van der Waals surface area contributed by atoms with Crippen molar-refractivity contribution < 1.29 is 9.60 Å². The summed E-state index contributed by atoms with van der Waals surface area (Å²) in [4.78, 5) is 9.91. The smallest absolute Gasteiger partial charge is 0.190 e. The molecule has 0 spiro atoms. The highest BCUT2D eigenvalue weighted by Gasteiger charge is 2.08. The molecule has 0 aliphatic carbocycles. The highest BCUT2D eigenvalue weighted by molar-refractivity contribution is 5.94. The average Bonchev–Trinajstić information content (AvgIpc) is 2.49. The Morgan fingerprint density at radius 2 is 2.10 bits per heavy atom. The van der Waals surface area contributed by atoms with Gasteiger partial charge < -0.3 is 15.8 Å². The van der Waals surface area contributed by atoms with Gasteiger partial charge in [0.2, 0.25) is 0 Å². The van der Waals surface area contributed by atoms with E-state index in [2.05, 4.69) is 15.1 Å². The topological polar surface area (TPSA) is 87.6 Å². The van der Waals surface area contributed by atoms with Gasteiger partial charge in [-0.05, 0) is 6.07 Å². The number of amidine groups is 1. The van der Waals surface area contributed by atoms with Crippen LogP contribution in [0.25, 0.3) is 0 Å². The molecule has 0 bridgehead atoms. The number of aromatic nitrogens is 2. The molecule has 1 heterocycles. The van der Waals surface area contributed by atoms with E-state index in [0.717, 1.165) is 0 Å². The molecule has 3 N–H and O–H groups in total. The summed E-state index contributed by atoms with van der Waals surface area (Å²) in [6, 6.07) is 6.55. The van der Waals surface area contributed by atoms with E-state index in [-0.39, 0.29) is 17.3 Å². The van der Waals surface area contributed by atoms with E-state index >= 15 is 0 Å². The molecule has 7 heteroatoms. The molecule has 104 valence electrons. The van der Waals surface area contributed by atoms with Crippen LogP contribution in [0.2, 0.25) is 0 Å². The van der Waals surface area contributed by atoms with Crippen molar-refractivity contribution in [2.45, 2.75) is 6.54 Å². The largest absolute Gasteiger partial charge is 0.409 e. The molecule has 1 aromatic heterocycles. The molecule has 2 rings (SSSR count). The predicted octanol–water partition coefficient (Wildman–Crippen LogP) is 1.35. The predicted molar refractivity (Wildman–Crippen MR) is 73.0 cm³/mol. The zero-order valence-electron chi connectivity index (χ0n) is 10.9. The van der Waals surface area contributed by atoms with Gasteiger partial charge >= 0.3 is 0 Å². The van der Waals surface area contributed by atoms with E-state index in [0.29, 0.717) is 17.9 Å². The lowest BCUT2D eigenvalue weighted by atomic mass is 10.2. The fourth-order valence-corrected chi connectivity index (χ4v) is 1.66. The molecule has 0 amide bonds. The van der Waals surface area contributed by atoms with E-state index in [1.807, 2.05) is 0 Å². The van der Waals surface area contributed by atoms with Gasteiger partial charge in [-0.15, -0.1) is 0 Å². The first-order chi connectivity index (χ1) is 9.61. The zero-order valence-corrected chi connectivity index (χ0v) is 10.9. The highest BCUT2D eigenvalue weighted by atomic mass is 19.1. The number of nitrogens with zero attached hydrogens (tertiary/aromatic N) is 4. The zero-order chi connectivity index (χ0) is 14.5. The standard InChI is InChI=1S/C13H14FN5O/c1-19(8-9-4-2-3-5-10(9)14)12-7-16-11(6-17-12)13(15)18-20/h2-7,20H,8H2,1H3,(H2,15,18). The first-order valence-electron chi connectivity index (χ1n) is 5.86. The van der Waals surface area contributed by atoms with E-state index in [1.54, 1.807) is 30.1 Å². The summed E-state index contributed by atoms with van der Waals surface area (Å²) in [5, 5.41) is 11.4. The maximum absolute atomic E-state index is 13.6. The Hall–Kier alpha value is -2.70. The minimum absolute atomic E-state index is 0.110. The van der Waals surface area contributed by atoms with Gasteiger partial charge in [0.15, 0.2) is 5.84 Å². The van der Waals surface area contributed by atoms with Gasteiger partial charge in [0.05, 0.1) is 12.4 Å². The van der Waals surface area contributed by atoms with Crippen LogP contribution in [0.15, 0.2) is 41.8 Å². The Morgan fingerprint density at radius 1 is 1.35 bits per heavy atom. The molecule has 0 unspecified atom stereocenters. The van der Waals surface area contributed by atoms with Crippen molar-refractivity contribution in [2.24, 2.45) is 10.9 Å². The van der Waals surface area contributed by atoms with E-state index in [1.165, 1.54) is 18.5 Å². The maximum atomic E-state index is 13.6. The van der Waals surface area contributed by atoms with Crippen LogP contribution in [0.1, 0.15) is 11.3 Å². The normalized spacial score (nSPS) is 11.4. The number of hydrogen-bond acceptors (Lipinski definition) is 5. The lowest BCUT2D eigenvalue weighted by Crippen LogP contribution is -2.20. The van der Waals surface area contributed by atoms with Crippen LogP contribution in [0.5, 0.6) is 0 Å². The number of benzene rings is 1. The molecule has 0 aliphatic rings. The van der Waals surface area contributed by atoms with Crippen LogP contribution >= 0.6 is 0 Å². The quantitative estimate of drug-likeness (QED) is 0.380. The molecule has 0 saturated carbocycles. The van der Waals surface area contributed by atoms with Crippen molar-refractivity contribution in [1.29, 1.82) is 0 Å². The Bertz CT molecular complexity index is 614. The summed E-state index contributed by atoms with van der Waals surface area (Å²) in [5.74, 6) is 0.184. The van der Waals surface area contributed by atoms with Crippen molar-refractivity contribution in [3.8, 4) is 0 Å². The second kappa shape index (κ2) is 5.96. The first kappa shape index (κ1) is 13.7. The lowest BCUT2D eigenvalue weighted by Gasteiger charge is -2.18. The van der Waals surface area contributed by atoms with Gasteiger partial charge in [0.1, 0.15) is 17.3 Å². The molecule has 6 nitrogen and oxygen atoms in total. The Morgan fingerprint density at radius 3 is 2.70 bits per heavy atom. The Balaban J connectivity index is 2.14. The van der Waals surface area contributed by atoms with Gasteiger partial charge in [0.25, 0.3) is 0 Å². The number of hydrogen-bond donors (Lipinski definition) is 2. The van der Waals surface area contributed by atoms with E-state index < -0.39 is 0 Å². The van der Waals surface area contributed by atoms with Crippen molar-refractivity contribution >= 4 is 11.7 Å². The number of anilines is 1. The third-order valence-electron chi connectivity index (χ3n) is 2.76. The van der Waals surface area contributed by atoms with Crippen molar-refractivity contribution in [3.05, 3.63) is 53.7 Å². The van der Waals surface area contributed by atoms with Crippen LogP contribution in [0.4, 0.5) is 10.2 Å². The van der Waals surface area contributed by atoms with E-state index in [4.69, 9.17) is 10.9 Å². The summed E-state index contributed by atoms with van der Waals surface area (Å²) in [6.45, 7) is 0.365. The maximum Gasteiger partial charge on any atom is 0.190 e. The molecule has 2 aromatic rings. The summed E-state index contributed by atoms with van der Waals surface area (Å²) >= 11 is 0. The van der Waals surface area contributed by atoms with Gasteiger partial charge in [-0.2, -0.15) is 0 Å². The number of rotatable bonds is 4. The van der Waals surface area contributed by atoms with Gasteiger partial charge in [-0.25, -0.2) is 14.4 Å². The summed E-state index contributed by atoms with van der Waals surface area (Å²) in [7, 11) is 1.78. The fourth-order valence-electron chi connectivity index (χ4n) is 1.66. The van der Waals surface area contributed by atoms with E-state index in [9.17, 15) is 4.39 Å². The SMILES string of the molecule is CN(Cc1ccccc1F)c1cnc(C(N)=NO)cn1. The van der Waals surface area contributed by atoms with Gasteiger partial charge in [0, 0.05) is 19.2 Å². The molecule has 0 aliphatic heterocycles. The van der Waals surface area contributed by atoms with Gasteiger partial charge in [-0.1, -0.05) is 23.4 Å². The van der Waals surface area contributed by atoms with Crippen LogP contribution in [0.3, 0.4) is 0 Å². The minimum Gasteiger partial charge on any atom is -0.409 e. The highest BCUT2D eigenvalue weighted by Crippen LogP contribution is 2.13. The molecule has 0 fully saturated rings. The van der Waals surface area contributed by atoms with Crippen molar-refractivity contribution in [3.63, 3.8) is 0 Å². The van der Waals surface area contributed by atoms with Crippen molar-refractivity contribution in [1.82, 2.24) is 9.97 Å². The summed E-state index contributed by atoms with van der Waals surface area (Å²) in [6.07, 6.45) is 2.87. The van der Waals surface area contributed by atoms with Gasteiger partial charge in [-0.3, -0.25) is 0 Å². The molecule has 0 saturated heterocycles. The van der Waals surface area contributed by atoms with Crippen molar-refractivity contribution in [2.75, 3.05) is 11.9 Å². The van der Waals surface area contributed by atoms with Crippen LogP contribution in [-0.2, 0) is 6.54 Å². The lowest BCUT2D eigenvalue weighted by molar-refractivity contribution is 0.318. The first-order valence-corrected chi connectivity index (χ1v) is 5.86. The molecular weight excluding hydrogens is 261 g/mol. The van der Waals surface area contributed by atoms with Crippen LogP contribution in [0, 0.1) is 5.82 Å². The van der Waals surface area contributed by atoms with Crippen LogP contribution in [-0.4, -0.2) is 28.1 Å². The number of oxime groups is 1. The molecule has 0 radical (unpaired) electrons.